The van der Waals surface area contributed by atoms with Crippen LogP contribution in [0.15, 0.2) is 0 Å². The number of unbranched alkanes of at least 4 members (excludes halogenated alkanes) is 5. The van der Waals surface area contributed by atoms with Crippen molar-refractivity contribution in [3.8, 4) is 0 Å². The minimum absolute atomic E-state index is 0.860. The Kier molecular flexibility index (Phi) is 14.6. The molecule has 0 spiro atoms. The summed E-state index contributed by atoms with van der Waals surface area (Å²) >= 11 is 0. The van der Waals surface area contributed by atoms with Crippen molar-refractivity contribution in [3.05, 3.63) is 0 Å². The predicted octanol–water partition coefficient (Wildman–Crippen LogP) is 8.80. The van der Waals surface area contributed by atoms with Crippen molar-refractivity contribution in [2.45, 2.75) is 128 Å². The Hall–Kier alpha value is 0.294. The van der Waals surface area contributed by atoms with Gasteiger partial charge in [-0.25, -0.2) is 0 Å². The van der Waals surface area contributed by atoms with Gasteiger partial charge >= 0.3 is 0 Å². The van der Waals surface area contributed by atoms with Gasteiger partial charge in [0, 0.05) is 0 Å². The van der Waals surface area contributed by atoms with Gasteiger partial charge in [0.15, 0.2) is 0 Å². The molecule has 0 bridgehead atoms. The Balaban J connectivity index is 3.76. The molecule has 0 nitrogen and oxygen atoms in total. The lowest BCUT2D eigenvalue weighted by atomic mass is 10.1. The maximum absolute atomic E-state index is 14.8. The largest absolute Gasteiger partial charge is 0.314 e. The van der Waals surface area contributed by atoms with E-state index in [0.717, 1.165) is 74.8 Å². The lowest BCUT2D eigenvalue weighted by Gasteiger charge is -2.21. The highest BCUT2D eigenvalue weighted by Gasteiger charge is 2.32. The molecule has 0 aromatic rings. The van der Waals surface area contributed by atoms with Gasteiger partial charge in [0.2, 0.25) is 16.8 Å². The number of hydrogen-bond donors (Lipinski definition) is 0. The van der Waals surface area contributed by atoms with Gasteiger partial charge in [0.1, 0.15) is 0 Å². The van der Waals surface area contributed by atoms with Crippen LogP contribution in [0.5, 0.6) is 0 Å². The summed E-state index contributed by atoms with van der Waals surface area (Å²) in [5.41, 5.74) is 0. The van der Waals surface area contributed by atoms with Crippen LogP contribution in [0.3, 0.4) is 0 Å². The van der Waals surface area contributed by atoms with Crippen molar-refractivity contribution < 1.29 is 8.22 Å². The molecule has 0 heterocycles. The first-order valence-corrected chi connectivity index (χ1v) is 15.8. The van der Waals surface area contributed by atoms with E-state index in [9.17, 15) is 8.22 Å². The minimum atomic E-state index is -2.41. The van der Waals surface area contributed by atoms with Gasteiger partial charge in [-0.3, -0.25) is 0 Å². The quantitative estimate of drug-likeness (QED) is 0.135. The summed E-state index contributed by atoms with van der Waals surface area (Å²) in [5.74, 6) is 0. The molecule has 0 aliphatic rings. The molecule has 0 saturated carbocycles. The molecule has 0 fully saturated rings. The zero-order valence-electron chi connectivity index (χ0n) is 17.1. The van der Waals surface area contributed by atoms with Crippen LogP contribution in [0.4, 0.5) is 8.22 Å². The van der Waals surface area contributed by atoms with E-state index >= 15 is 0 Å². The highest BCUT2D eigenvalue weighted by atomic mass is 28.4. The van der Waals surface area contributed by atoms with E-state index in [2.05, 4.69) is 27.7 Å². The van der Waals surface area contributed by atoms with Crippen LogP contribution >= 0.6 is 0 Å². The summed E-state index contributed by atoms with van der Waals surface area (Å²) in [6, 6.07) is 5.19. The summed E-state index contributed by atoms with van der Waals surface area (Å²) in [6.45, 7) is 8.45. The third kappa shape index (κ3) is 11.8. The summed E-state index contributed by atoms with van der Waals surface area (Å²) < 4.78 is 29.6. The molecule has 0 saturated heterocycles. The molecule has 0 rings (SSSR count). The van der Waals surface area contributed by atoms with Crippen molar-refractivity contribution in [2.75, 3.05) is 0 Å². The molecule has 0 aromatic carbocycles. The van der Waals surface area contributed by atoms with Gasteiger partial charge in [-0.15, -0.1) is 0 Å². The molecule has 4 heteroatoms. The second kappa shape index (κ2) is 14.5. The van der Waals surface area contributed by atoms with Crippen LogP contribution in [-0.2, 0) is 0 Å². The van der Waals surface area contributed by atoms with E-state index in [1.54, 1.807) is 0 Å². The van der Waals surface area contributed by atoms with Crippen LogP contribution in [0, 0.1) is 0 Å². The molecule has 0 atom stereocenters. The highest BCUT2D eigenvalue weighted by Crippen LogP contribution is 2.30. The Morgan fingerprint density at radius 1 is 0.417 bits per heavy atom. The maximum atomic E-state index is 14.8. The monoisotopic (exact) mass is 378 g/mol. The first kappa shape index (κ1) is 24.3. The summed E-state index contributed by atoms with van der Waals surface area (Å²) in [5, 5.41) is 0. The molecule has 0 unspecified atom stereocenters. The smallest absolute Gasteiger partial charge is 0.247 e. The van der Waals surface area contributed by atoms with E-state index in [4.69, 9.17) is 0 Å². The molecule has 0 aromatic heterocycles. The van der Waals surface area contributed by atoms with Crippen LogP contribution in [0.25, 0.3) is 0 Å². The first-order chi connectivity index (χ1) is 11.4. The second-order valence-electron chi connectivity index (χ2n) is 7.92. The third-order valence-electron chi connectivity index (χ3n) is 5.29. The maximum Gasteiger partial charge on any atom is 0.247 e. The molecular formula is C20H44F2Si2. The van der Waals surface area contributed by atoms with Gasteiger partial charge in [0.25, 0.3) is 0 Å². The van der Waals surface area contributed by atoms with Crippen molar-refractivity contribution >= 4 is 16.8 Å². The fourth-order valence-corrected chi connectivity index (χ4v) is 11.0. The van der Waals surface area contributed by atoms with Crippen molar-refractivity contribution in [1.82, 2.24) is 0 Å². The Bertz CT molecular complexity index is 245. The Labute approximate surface area is 153 Å². The van der Waals surface area contributed by atoms with Gasteiger partial charge in [-0.05, 0) is 36.3 Å². The zero-order valence-corrected chi connectivity index (χ0v) is 19.1. The summed E-state index contributed by atoms with van der Waals surface area (Å²) in [4.78, 5) is 0. The number of hydrogen-bond acceptors (Lipinski definition) is 0. The molecule has 0 amide bonds. The molecule has 0 radical (unpaired) electrons. The predicted molar refractivity (Wildman–Crippen MR) is 111 cm³/mol. The molecular weight excluding hydrogens is 334 g/mol. The molecule has 0 N–H and O–H groups in total. The fourth-order valence-electron chi connectivity index (χ4n) is 4.13. The van der Waals surface area contributed by atoms with Crippen molar-refractivity contribution in [2.24, 2.45) is 0 Å². The van der Waals surface area contributed by atoms with Gasteiger partial charge < -0.3 is 8.22 Å². The topological polar surface area (TPSA) is 0 Å². The lowest BCUT2D eigenvalue weighted by Crippen LogP contribution is -2.27. The fraction of sp³-hybridized carbons (Fsp3) is 1.00. The lowest BCUT2D eigenvalue weighted by molar-refractivity contribution is 0.598. The first-order valence-electron chi connectivity index (χ1n) is 10.8. The minimum Gasteiger partial charge on any atom is -0.314 e. The average molecular weight is 379 g/mol. The standard InChI is InChI=1S/C20H44F2Si2/c1-5-15-23(21,16-6-2)19-13-11-9-10-12-14-20-24(22,17-7-3)18-8-4/h5-20H2,1-4H3. The van der Waals surface area contributed by atoms with Crippen LogP contribution in [0.2, 0.25) is 36.3 Å². The van der Waals surface area contributed by atoms with Crippen molar-refractivity contribution in [3.63, 3.8) is 0 Å². The van der Waals surface area contributed by atoms with E-state index in [1.807, 2.05) is 0 Å². The van der Waals surface area contributed by atoms with Crippen LogP contribution in [-0.4, -0.2) is 16.8 Å². The van der Waals surface area contributed by atoms with E-state index < -0.39 is 16.8 Å². The summed E-state index contributed by atoms with van der Waals surface area (Å²) in [7, 11) is -4.82. The average Bonchev–Trinajstić information content (AvgIpc) is 2.51. The normalized spacial score (nSPS) is 12.8. The Morgan fingerprint density at radius 3 is 0.917 bits per heavy atom. The second-order valence-corrected chi connectivity index (χ2v) is 15.5. The van der Waals surface area contributed by atoms with Crippen LogP contribution in [0.1, 0.15) is 91.9 Å². The van der Waals surface area contributed by atoms with Gasteiger partial charge in [-0.2, -0.15) is 0 Å². The SMILES string of the molecule is CCC[Si](F)(CCC)CCCCCCCC[Si](F)(CCC)CCC. The van der Waals surface area contributed by atoms with E-state index in [0.29, 0.717) is 0 Å². The molecule has 146 valence electrons. The van der Waals surface area contributed by atoms with Crippen molar-refractivity contribution in [1.29, 1.82) is 0 Å². The van der Waals surface area contributed by atoms with Gasteiger partial charge in [-0.1, -0.05) is 91.9 Å². The molecule has 0 aliphatic carbocycles. The number of rotatable bonds is 17. The van der Waals surface area contributed by atoms with Gasteiger partial charge in [0.05, 0.1) is 0 Å². The Morgan fingerprint density at radius 2 is 0.667 bits per heavy atom. The van der Waals surface area contributed by atoms with E-state index in [1.165, 1.54) is 25.7 Å². The number of halogens is 2. The van der Waals surface area contributed by atoms with Crippen LogP contribution < -0.4 is 0 Å². The highest BCUT2D eigenvalue weighted by molar-refractivity contribution is 6.73. The molecule has 0 aliphatic heterocycles. The summed E-state index contributed by atoms with van der Waals surface area (Å²) in [6.07, 6.45) is 11.0. The zero-order chi connectivity index (χ0) is 18.3. The molecule has 24 heavy (non-hydrogen) atoms. The van der Waals surface area contributed by atoms with E-state index in [-0.39, 0.29) is 0 Å². The third-order valence-corrected chi connectivity index (χ3v) is 13.4.